The zero-order valence-electron chi connectivity index (χ0n) is 16.1. The molecule has 2 saturated heterocycles. The zero-order valence-corrected chi connectivity index (χ0v) is 17.0. The first-order chi connectivity index (χ1) is 13.2. The van der Waals surface area contributed by atoms with Crippen LogP contribution in [0, 0.1) is 5.92 Å². The van der Waals surface area contributed by atoms with Crippen molar-refractivity contribution < 1.29 is 9.26 Å². The quantitative estimate of drug-likeness (QED) is 0.809. The molecule has 2 aromatic rings. The number of piperidine rings is 1. The monoisotopic (exact) mass is 391 g/mol. The van der Waals surface area contributed by atoms with Crippen LogP contribution < -0.4 is 10.2 Å². The van der Waals surface area contributed by atoms with E-state index in [0.29, 0.717) is 12.0 Å². The largest absolute Gasteiger partial charge is 0.381 e. The average molecular weight is 392 g/mol. The third-order valence-corrected chi connectivity index (χ3v) is 6.41. The second kappa shape index (κ2) is 8.67. The molecule has 0 unspecified atom stereocenters. The normalized spacial score (nSPS) is 21.1. The van der Waals surface area contributed by atoms with E-state index in [9.17, 15) is 0 Å². The van der Waals surface area contributed by atoms with E-state index in [4.69, 9.17) is 14.2 Å². The second-order valence-electron chi connectivity index (χ2n) is 7.82. The third kappa shape index (κ3) is 4.50. The van der Waals surface area contributed by atoms with Gasteiger partial charge in [-0.25, -0.2) is 4.98 Å². The fraction of sp³-hybridized carbons (Fsp3) is 0.737. The van der Waals surface area contributed by atoms with E-state index in [1.54, 1.807) is 11.3 Å². The molecular weight excluding hydrogens is 362 g/mol. The molecular formula is C19H29N5O2S. The Morgan fingerprint density at radius 1 is 1.19 bits per heavy atom. The summed E-state index contributed by atoms with van der Waals surface area (Å²) in [4.78, 5) is 11.5. The standard InChI is InChI=1S/C19H29N5O2S/c1-13(2)17-22-18(26-23-17)16(14-5-10-25-11-6-14)21-15-3-8-24(9-4-15)19-20-7-12-27-19/h7,12-16,21H,3-6,8-11H2,1-2H3/t16-/m1/s1. The van der Waals surface area contributed by atoms with Crippen molar-refractivity contribution >= 4 is 16.5 Å². The lowest BCUT2D eigenvalue weighted by Gasteiger charge is -2.36. The molecule has 4 rings (SSSR count). The predicted octanol–water partition coefficient (Wildman–Crippen LogP) is 3.38. The molecule has 148 valence electrons. The minimum Gasteiger partial charge on any atom is -0.381 e. The number of nitrogens with one attached hydrogen (secondary N) is 1. The average Bonchev–Trinajstić information content (AvgIpc) is 3.39. The molecule has 0 saturated carbocycles. The highest BCUT2D eigenvalue weighted by Gasteiger charge is 2.33. The maximum absolute atomic E-state index is 5.68. The predicted molar refractivity (Wildman–Crippen MR) is 105 cm³/mol. The van der Waals surface area contributed by atoms with Gasteiger partial charge in [0.1, 0.15) is 0 Å². The van der Waals surface area contributed by atoms with Crippen LogP contribution in [0.15, 0.2) is 16.1 Å². The topological polar surface area (TPSA) is 76.3 Å². The van der Waals surface area contributed by atoms with Crippen molar-refractivity contribution in [1.29, 1.82) is 0 Å². The highest BCUT2D eigenvalue weighted by atomic mass is 32.1. The van der Waals surface area contributed by atoms with Crippen molar-refractivity contribution in [3.05, 3.63) is 23.3 Å². The molecule has 0 spiro atoms. The Morgan fingerprint density at radius 3 is 2.59 bits per heavy atom. The molecule has 2 aliphatic heterocycles. The number of aromatic nitrogens is 3. The van der Waals surface area contributed by atoms with E-state index >= 15 is 0 Å². The van der Waals surface area contributed by atoms with Crippen molar-refractivity contribution in [1.82, 2.24) is 20.4 Å². The van der Waals surface area contributed by atoms with Crippen LogP contribution >= 0.6 is 11.3 Å². The van der Waals surface area contributed by atoms with E-state index < -0.39 is 0 Å². The molecule has 1 atom stereocenters. The van der Waals surface area contributed by atoms with Gasteiger partial charge in [-0.3, -0.25) is 0 Å². The highest BCUT2D eigenvalue weighted by Crippen LogP contribution is 2.32. The highest BCUT2D eigenvalue weighted by molar-refractivity contribution is 7.13. The van der Waals surface area contributed by atoms with E-state index in [-0.39, 0.29) is 12.0 Å². The van der Waals surface area contributed by atoms with Crippen molar-refractivity contribution in [3.63, 3.8) is 0 Å². The van der Waals surface area contributed by atoms with Gasteiger partial charge in [0.25, 0.3) is 0 Å². The molecule has 0 amide bonds. The lowest BCUT2D eigenvalue weighted by Crippen LogP contribution is -2.46. The summed E-state index contributed by atoms with van der Waals surface area (Å²) in [7, 11) is 0. The molecule has 27 heavy (non-hydrogen) atoms. The zero-order chi connectivity index (χ0) is 18.6. The molecule has 0 aromatic carbocycles. The van der Waals surface area contributed by atoms with Gasteiger partial charge in [-0.1, -0.05) is 19.0 Å². The summed E-state index contributed by atoms with van der Waals surface area (Å²) in [5.74, 6) is 2.30. The van der Waals surface area contributed by atoms with Gasteiger partial charge in [0.05, 0.1) is 6.04 Å². The first-order valence-corrected chi connectivity index (χ1v) is 10.9. The number of nitrogens with zero attached hydrogens (tertiary/aromatic N) is 4. The summed E-state index contributed by atoms with van der Waals surface area (Å²) in [5, 5.41) is 11.2. The Bertz CT molecular complexity index is 691. The molecule has 2 aliphatic rings. The summed E-state index contributed by atoms with van der Waals surface area (Å²) in [6, 6.07) is 0.578. The van der Waals surface area contributed by atoms with Gasteiger partial charge in [0, 0.05) is 49.8 Å². The molecule has 2 aromatic heterocycles. The van der Waals surface area contributed by atoms with Crippen molar-refractivity contribution in [2.45, 2.75) is 57.5 Å². The molecule has 0 radical (unpaired) electrons. The lowest BCUT2D eigenvalue weighted by molar-refractivity contribution is 0.0461. The minimum atomic E-state index is 0.116. The maximum Gasteiger partial charge on any atom is 0.244 e. The Kier molecular flexibility index (Phi) is 6.04. The fourth-order valence-electron chi connectivity index (χ4n) is 3.93. The third-order valence-electron chi connectivity index (χ3n) is 5.58. The van der Waals surface area contributed by atoms with Crippen LogP contribution in [-0.4, -0.2) is 47.5 Å². The van der Waals surface area contributed by atoms with Crippen LogP contribution in [0.5, 0.6) is 0 Å². The van der Waals surface area contributed by atoms with Crippen LogP contribution in [0.3, 0.4) is 0 Å². The molecule has 1 N–H and O–H groups in total. The minimum absolute atomic E-state index is 0.116. The van der Waals surface area contributed by atoms with Gasteiger partial charge in [0.15, 0.2) is 11.0 Å². The van der Waals surface area contributed by atoms with Crippen LogP contribution in [0.25, 0.3) is 0 Å². The number of rotatable bonds is 6. The molecule has 0 bridgehead atoms. The summed E-state index contributed by atoms with van der Waals surface area (Å²) in [6.45, 7) is 7.90. The Morgan fingerprint density at radius 2 is 1.96 bits per heavy atom. The SMILES string of the molecule is CC(C)c1noc([C@H](NC2CCN(c3nccs3)CC2)C2CCOCC2)n1. The molecule has 7 nitrogen and oxygen atoms in total. The maximum atomic E-state index is 5.68. The van der Waals surface area contributed by atoms with Crippen molar-refractivity contribution in [3.8, 4) is 0 Å². The smallest absolute Gasteiger partial charge is 0.244 e. The van der Waals surface area contributed by atoms with E-state index in [1.165, 1.54) is 0 Å². The van der Waals surface area contributed by atoms with Gasteiger partial charge in [-0.15, -0.1) is 11.3 Å². The second-order valence-corrected chi connectivity index (χ2v) is 8.69. The van der Waals surface area contributed by atoms with Gasteiger partial charge >= 0.3 is 0 Å². The van der Waals surface area contributed by atoms with Crippen LogP contribution in [-0.2, 0) is 4.74 Å². The van der Waals surface area contributed by atoms with Crippen LogP contribution in [0.4, 0.5) is 5.13 Å². The van der Waals surface area contributed by atoms with Crippen molar-refractivity contribution in [2.75, 3.05) is 31.2 Å². The molecule has 4 heterocycles. The fourth-order valence-corrected chi connectivity index (χ4v) is 4.63. The first-order valence-electron chi connectivity index (χ1n) is 10.0. The van der Waals surface area contributed by atoms with E-state index in [2.05, 4.69) is 34.2 Å². The summed E-state index contributed by atoms with van der Waals surface area (Å²) in [6.07, 6.45) is 6.16. The van der Waals surface area contributed by atoms with Gasteiger partial charge in [0.2, 0.25) is 5.89 Å². The number of ether oxygens (including phenoxy) is 1. The van der Waals surface area contributed by atoms with E-state index in [1.807, 2.05) is 11.6 Å². The van der Waals surface area contributed by atoms with Gasteiger partial charge in [-0.05, 0) is 31.6 Å². The summed E-state index contributed by atoms with van der Waals surface area (Å²) >= 11 is 1.72. The summed E-state index contributed by atoms with van der Waals surface area (Å²) < 4.78 is 11.2. The molecule has 0 aliphatic carbocycles. The van der Waals surface area contributed by atoms with Gasteiger partial charge in [-0.2, -0.15) is 4.98 Å². The lowest BCUT2D eigenvalue weighted by atomic mass is 9.90. The van der Waals surface area contributed by atoms with Crippen LogP contribution in [0.2, 0.25) is 0 Å². The molecule has 8 heteroatoms. The molecule has 2 fully saturated rings. The number of hydrogen-bond acceptors (Lipinski definition) is 8. The Balaban J connectivity index is 1.43. The number of anilines is 1. The Hall–Kier alpha value is -1.51. The number of hydrogen-bond donors (Lipinski definition) is 1. The first kappa shape index (κ1) is 18.8. The Labute approximate surface area is 164 Å². The van der Waals surface area contributed by atoms with Crippen LogP contribution in [0.1, 0.15) is 63.2 Å². The van der Waals surface area contributed by atoms with Gasteiger partial charge < -0.3 is 19.5 Å². The number of thiazole rings is 1. The van der Waals surface area contributed by atoms with Crippen molar-refractivity contribution in [2.24, 2.45) is 5.92 Å². The summed E-state index contributed by atoms with van der Waals surface area (Å²) in [5.41, 5.74) is 0. The van der Waals surface area contributed by atoms with E-state index in [0.717, 1.165) is 68.8 Å².